The number of amides is 2. The average molecular weight is 486 g/mol. The third kappa shape index (κ3) is 5.76. The van der Waals surface area contributed by atoms with Crippen LogP contribution in [0.25, 0.3) is 0 Å². The fraction of sp³-hybridized carbons (Fsp3) is 0.214. The number of urea groups is 1. The van der Waals surface area contributed by atoms with Crippen LogP contribution in [0.5, 0.6) is 5.75 Å². The molecule has 3 aromatic carbocycles. The lowest BCUT2D eigenvalue weighted by Crippen LogP contribution is -2.45. The molecule has 0 fully saturated rings. The van der Waals surface area contributed by atoms with E-state index in [0.29, 0.717) is 29.9 Å². The minimum Gasteiger partial charge on any atom is -0.497 e. The Labute approximate surface area is 208 Å². The van der Waals surface area contributed by atoms with Crippen molar-refractivity contribution in [3.05, 3.63) is 101 Å². The summed E-state index contributed by atoms with van der Waals surface area (Å²) in [5.74, 6) is -1.36. The van der Waals surface area contributed by atoms with E-state index in [1.54, 1.807) is 13.2 Å². The van der Waals surface area contributed by atoms with Crippen LogP contribution in [0.2, 0.25) is 0 Å². The standard InChI is InChI=1S/C28H24FN3O4/c1-35-22-9-5-6-18(15-22)11-13-24-25(26(32-28(34)31-24)20-7-3-2-4-8-20)27(33)36-17-19-10-12-23(29)21(14-19)16-30/h2-10,12,14-15,25-26H,11,13,17H2,1H3,(H,32,34). The van der Waals surface area contributed by atoms with Gasteiger partial charge < -0.3 is 14.8 Å². The number of esters is 1. The van der Waals surface area contributed by atoms with Gasteiger partial charge in [0.2, 0.25) is 0 Å². The van der Waals surface area contributed by atoms with Crippen molar-refractivity contribution in [2.45, 2.75) is 25.5 Å². The van der Waals surface area contributed by atoms with Crippen molar-refractivity contribution in [2.75, 3.05) is 7.11 Å². The van der Waals surface area contributed by atoms with Crippen LogP contribution in [0.1, 0.15) is 34.7 Å². The molecule has 0 spiro atoms. The molecule has 8 heteroatoms. The number of hydrogen-bond donors (Lipinski definition) is 1. The first kappa shape index (κ1) is 24.6. The highest BCUT2D eigenvalue weighted by Gasteiger charge is 2.39. The van der Waals surface area contributed by atoms with Crippen LogP contribution in [-0.4, -0.2) is 24.8 Å². The topological polar surface area (TPSA) is 101 Å². The van der Waals surface area contributed by atoms with Gasteiger partial charge in [-0.2, -0.15) is 5.26 Å². The van der Waals surface area contributed by atoms with Crippen molar-refractivity contribution < 1.29 is 23.5 Å². The molecule has 7 nitrogen and oxygen atoms in total. The molecule has 2 amide bonds. The van der Waals surface area contributed by atoms with Crippen LogP contribution in [0.15, 0.2) is 77.8 Å². The maximum Gasteiger partial charge on any atom is 0.341 e. The Morgan fingerprint density at radius 1 is 1.06 bits per heavy atom. The van der Waals surface area contributed by atoms with Gasteiger partial charge in [0.15, 0.2) is 0 Å². The van der Waals surface area contributed by atoms with E-state index in [1.165, 1.54) is 12.1 Å². The van der Waals surface area contributed by atoms with Gasteiger partial charge in [-0.25, -0.2) is 14.2 Å². The average Bonchev–Trinajstić information content (AvgIpc) is 2.91. The summed E-state index contributed by atoms with van der Waals surface area (Å²) in [6.45, 7) is -0.150. The molecule has 0 saturated heterocycles. The number of nitrogens with zero attached hydrogens (tertiary/aromatic N) is 2. The number of methoxy groups -OCH3 is 1. The molecule has 1 heterocycles. The summed E-state index contributed by atoms with van der Waals surface area (Å²) in [6, 6.07) is 21.3. The molecule has 2 atom stereocenters. The monoisotopic (exact) mass is 485 g/mol. The predicted octanol–water partition coefficient (Wildman–Crippen LogP) is 4.90. The Hall–Kier alpha value is -4.51. The molecule has 3 aromatic rings. The third-order valence-corrected chi connectivity index (χ3v) is 5.97. The van der Waals surface area contributed by atoms with Crippen LogP contribution in [0.4, 0.5) is 9.18 Å². The second-order valence-corrected chi connectivity index (χ2v) is 8.30. The molecule has 0 aromatic heterocycles. The summed E-state index contributed by atoms with van der Waals surface area (Å²) >= 11 is 0. The third-order valence-electron chi connectivity index (χ3n) is 5.97. The van der Waals surface area contributed by atoms with Gasteiger partial charge in [0.1, 0.15) is 30.2 Å². The fourth-order valence-corrected chi connectivity index (χ4v) is 4.15. The quantitative estimate of drug-likeness (QED) is 0.457. The normalized spacial score (nSPS) is 16.9. The molecular formula is C28H24FN3O4. The number of rotatable bonds is 8. The van der Waals surface area contributed by atoms with Crippen LogP contribution in [-0.2, 0) is 22.6 Å². The SMILES string of the molecule is COc1cccc(CCC2=NC(=O)NC(c3ccccc3)C2C(=O)OCc2ccc(F)c(C#N)c2)c1. The van der Waals surface area contributed by atoms with Crippen molar-refractivity contribution in [2.24, 2.45) is 10.9 Å². The summed E-state index contributed by atoms with van der Waals surface area (Å²) in [5.41, 5.74) is 2.48. The number of ether oxygens (including phenoxy) is 2. The summed E-state index contributed by atoms with van der Waals surface area (Å²) in [6.07, 6.45) is 0.900. The van der Waals surface area contributed by atoms with E-state index in [1.807, 2.05) is 54.6 Å². The number of benzene rings is 3. The summed E-state index contributed by atoms with van der Waals surface area (Å²) < 4.78 is 24.5. The van der Waals surface area contributed by atoms with Crippen molar-refractivity contribution in [1.82, 2.24) is 5.32 Å². The minimum atomic E-state index is -0.855. The fourth-order valence-electron chi connectivity index (χ4n) is 4.15. The van der Waals surface area contributed by atoms with Crippen LogP contribution in [0.3, 0.4) is 0 Å². The van der Waals surface area contributed by atoms with Gasteiger partial charge in [-0.15, -0.1) is 0 Å². The van der Waals surface area contributed by atoms with Gasteiger partial charge in [-0.1, -0.05) is 48.5 Å². The maximum absolute atomic E-state index is 13.7. The number of aryl methyl sites for hydroxylation is 1. The largest absolute Gasteiger partial charge is 0.497 e. The Morgan fingerprint density at radius 3 is 2.61 bits per heavy atom. The first-order chi connectivity index (χ1) is 17.5. The number of nitriles is 1. The van der Waals surface area contributed by atoms with Gasteiger partial charge >= 0.3 is 12.0 Å². The van der Waals surface area contributed by atoms with E-state index >= 15 is 0 Å². The molecule has 0 saturated carbocycles. The van der Waals surface area contributed by atoms with Crippen molar-refractivity contribution >= 4 is 17.7 Å². The van der Waals surface area contributed by atoms with E-state index in [-0.39, 0.29) is 12.2 Å². The predicted molar refractivity (Wildman–Crippen MR) is 131 cm³/mol. The van der Waals surface area contributed by atoms with Crippen LogP contribution >= 0.6 is 0 Å². The molecule has 182 valence electrons. The molecule has 1 aliphatic rings. The highest BCUT2D eigenvalue weighted by Crippen LogP contribution is 2.30. The second kappa shape index (κ2) is 11.3. The van der Waals surface area contributed by atoms with E-state index in [0.717, 1.165) is 17.2 Å². The molecule has 36 heavy (non-hydrogen) atoms. The van der Waals surface area contributed by atoms with Gasteiger partial charge in [0, 0.05) is 5.71 Å². The number of carbonyl (C=O) groups is 2. The highest BCUT2D eigenvalue weighted by molar-refractivity contribution is 6.09. The molecule has 2 unspecified atom stereocenters. The van der Waals surface area contributed by atoms with Crippen LogP contribution < -0.4 is 10.1 Å². The smallest absolute Gasteiger partial charge is 0.341 e. The Kier molecular flexibility index (Phi) is 7.71. The first-order valence-electron chi connectivity index (χ1n) is 11.4. The van der Waals surface area contributed by atoms with Crippen LogP contribution in [0, 0.1) is 23.1 Å². The number of carbonyl (C=O) groups excluding carboxylic acids is 2. The Bertz CT molecular complexity index is 1330. The summed E-state index contributed by atoms with van der Waals surface area (Å²) in [5, 5.41) is 11.9. The van der Waals surface area contributed by atoms with E-state index in [9.17, 15) is 14.0 Å². The number of hydrogen-bond acceptors (Lipinski definition) is 5. The lowest BCUT2D eigenvalue weighted by molar-refractivity contribution is -0.148. The van der Waals surface area contributed by atoms with Crippen molar-refractivity contribution in [3.63, 3.8) is 0 Å². The zero-order chi connectivity index (χ0) is 25.5. The first-order valence-corrected chi connectivity index (χ1v) is 11.4. The molecule has 0 radical (unpaired) electrons. The highest BCUT2D eigenvalue weighted by atomic mass is 19.1. The molecule has 0 bridgehead atoms. The Morgan fingerprint density at radius 2 is 1.86 bits per heavy atom. The zero-order valence-corrected chi connectivity index (χ0v) is 19.6. The van der Waals surface area contributed by atoms with E-state index in [4.69, 9.17) is 14.7 Å². The summed E-state index contributed by atoms with van der Waals surface area (Å²) in [7, 11) is 1.59. The Balaban J connectivity index is 1.58. The van der Waals surface area contributed by atoms with Gasteiger partial charge in [0.05, 0.1) is 18.7 Å². The number of aliphatic imine (C=N–C) groups is 1. The second-order valence-electron chi connectivity index (χ2n) is 8.30. The van der Waals surface area contributed by atoms with E-state index < -0.39 is 29.8 Å². The lowest BCUT2D eigenvalue weighted by atomic mass is 9.85. The molecule has 1 N–H and O–H groups in total. The minimum absolute atomic E-state index is 0.129. The zero-order valence-electron chi connectivity index (χ0n) is 19.6. The molecule has 4 rings (SSSR count). The number of halogens is 1. The van der Waals surface area contributed by atoms with Crippen molar-refractivity contribution in [1.29, 1.82) is 5.26 Å². The van der Waals surface area contributed by atoms with Crippen molar-refractivity contribution in [3.8, 4) is 11.8 Å². The maximum atomic E-state index is 13.7. The van der Waals surface area contributed by atoms with E-state index in [2.05, 4.69) is 10.3 Å². The van der Waals surface area contributed by atoms with Gasteiger partial charge in [0.25, 0.3) is 0 Å². The molecule has 0 aliphatic carbocycles. The van der Waals surface area contributed by atoms with Gasteiger partial charge in [-0.3, -0.25) is 4.79 Å². The molecule has 1 aliphatic heterocycles. The number of nitrogens with one attached hydrogen (secondary N) is 1. The van der Waals surface area contributed by atoms with Gasteiger partial charge in [-0.05, 0) is 53.8 Å². The lowest BCUT2D eigenvalue weighted by Gasteiger charge is -2.31. The molecular weight excluding hydrogens is 461 g/mol. The summed E-state index contributed by atoms with van der Waals surface area (Å²) in [4.78, 5) is 30.0.